The minimum Gasteiger partial charge on any atom is -0.378 e. The second kappa shape index (κ2) is 7.27. The number of rotatable bonds is 5. The van der Waals surface area contributed by atoms with Gasteiger partial charge in [0.1, 0.15) is 0 Å². The number of hydrogen-bond acceptors (Lipinski definition) is 2. The first kappa shape index (κ1) is 18.7. The van der Waals surface area contributed by atoms with E-state index < -0.39 is 0 Å². The lowest BCUT2D eigenvalue weighted by Gasteiger charge is -2.42. The molecule has 0 unspecified atom stereocenters. The minimum absolute atomic E-state index is 0.344. The summed E-state index contributed by atoms with van der Waals surface area (Å²) >= 11 is 0. The van der Waals surface area contributed by atoms with Gasteiger partial charge in [-0.05, 0) is 87.1 Å². The van der Waals surface area contributed by atoms with Crippen LogP contribution in [0.5, 0.6) is 0 Å². The second-order valence-corrected chi connectivity index (χ2v) is 10.7. The Morgan fingerprint density at radius 2 is 1.33 bits per heavy atom. The van der Waals surface area contributed by atoms with E-state index in [4.69, 9.17) is 4.74 Å². The van der Waals surface area contributed by atoms with Crippen molar-refractivity contribution in [2.24, 2.45) is 22.7 Å². The number of nitrogens with zero attached hydrogens (tertiary/aromatic N) is 1. The van der Waals surface area contributed by atoms with Crippen molar-refractivity contribution in [3.05, 3.63) is 0 Å². The Bertz CT molecular complexity index is 391. The zero-order chi connectivity index (χ0) is 17.4. The highest BCUT2D eigenvalue weighted by Gasteiger charge is 2.38. The molecular formula is C22H41NO. The lowest BCUT2D eigenvalue weighted by atomic mass is 9.71. The molecule has 1 saturated heterocycles. The Balaban J connectivity index is 1.39. The summed E-state index contributed by atoms with van der Waals surface area (Å²) in [5.41, 5.74) is 0.816. The maximum absolute atomic E-state index is 6.43. The summed E-state index contributed by atoms with van der Waals surface area (Å²) in [5, 5.41) is 0. The zero-order valence-corrected chi connectivity index (χ0v) is 16.9. The molecule has 0 aromatic rings. The van der Waals surface area contributed by atoms with Gasteiger partial charge in [-0.3, -0.25) is 0 Å². The molecule has 0 atom stereocenters. The van der Waals surface area contributed by atoms with Crippen LogP contribution < -0.4 is 0 Å². The highest BCUT2D eigenvalue weighted by atomic mass is 16.5. The highest BCUT2D eigenvalue weighted by Crippen LogP contribution is 2.41. The van der Waals surface area contributed by atoms with Crippen LogP contribution in [0.3, 0.4) is 0 Å². The molecule has 0 aromatic carbocycles. The lowest BCUT2D eigenvalue weighted by Crippen LogP contribution is -2.42. The van der Waals surface area contributed by atoms with E-state index in [-0.39, 0.29) is 0 Å². The van der Waals surface area contributed by atoms with Crippen molar-refractivity contribution in [1.29, 1.82) is 0 Å². The average Bonchev–Trinajstić information content (AvgIpc) is 3.38. The summed E-state index contributed by atoms with van der Waals surface area (Å²) in [7, 11) is 0. The molecule has 140 valence electrons. The molecule has 24 heavy (non-hydrogen) atoms. The molecule has 0 amide bonds. The van der Waals surface area contributed by atoms with Gasteiger partial charge in [-0.15, -0.1) is 0 Å². The predicted octanol–water partition coefficient (Wildman–Crippen LogP) is 5.51. The summed E-state index contributed by atoms with van der Waals surface area (Å²) < 4.78 is 6.43. The van der Waals surface area contributed by atoms with Crippen molar-refractivity contribution < 1.29 is 4.74 Å². The van der Waals surface area contributed by atoms with Gasteiger partial charge in [0, 0.05) is 6.04 Å². The topological polar surface area (TPSA) is 12.5 Å². The Morgan fingerprint density at radius 1 is 0.750 bits per heavy atom. The van der Waals surface area contributed by atoms with Crippen molar-refractivity contribution in [3.8, 4) is 0 Å². The molecule has 0 radical (unpaired) electrons. The average molecular weight is 336 g/mol. The van der Waals surface area contributed by atoms with E-state index >= 15 is 0 Å². The molecule has 0 spiro atoms. The monoisotopic (exact) mass is 335 g/mol. The first-order chi connectivity index (χ1) is 11.3. The molecule has 2 nitrogen and oxygen atoms in total. The molecule has 2 saturated carbocycles. The molecule has 0 bridgehead atoms. The highest BCUT2D eigenvalue weighted by molar-refractivity contribution is 4.90. The van der Waals surface area contributed by atoms with Crippen molar-refractivity contribution in [2.45, 2.75) is 98.1 Å². The van der Waals surface area contributed by atoms with Crippen molar-refractivity contribution in [1.82, 2.24) is 4.90 Å². The quantitative estimate of drug-likeness (QED) is 0.657. The molecule has 0 aromatic heterocycles. The van der Waals surface area contributed by atoms with Crippen molar-refractivity contribution in [3.63, 3.8) is 0 Å². The Kier molecular flexibility index (Phi) is 5.67. The molecular weight excluding hydrogens is 294 g/mol. The van der Waals surface area contributed by atoms with E-state index in [2.05, 4.69) is 39.5 Å². The maximum atomic E-state index is 6.43. The van der Waals surface area contributed by atoms with E-state index in [1.807, 2.05) is 0 Å². The predicted molar refractivity (Wildman–Crippen MR) is 102 cm³/mol. The number of ether oxygens (including phenoxy) is 1. The van der Waals surface area contributed by atoms with Crippen LogP contribution in [0.25, 0.3) is 0 Å². The summed E-state index contributed by atoms with van der Waals surface area (Å²) in [6.07, 6.45) is 11.4. The normalized spacial score (nSPS) is 31.4. The molecule has 3 rings (SSSR count). The second-order valence-electron chi connectivity index (χ2n) is 10.7. The van der Waals surface area contributed by atoms with Crippen LogP contribution >= 0.6 is 0 Å². The van der Waals surface area contributed by atoms with Crippen LogP contribution in [-0.2, 0) is 4.74 Å². The van der Waals surface area contributed by atoms with E-state index in [0.29, 0.717) is 16.9 Å². The van der Waals surface area contributed by atoms with Gasteiger partial charge in [-0.25, -0.2) is 0 Å². The smallest absolute Gasteiger partial charge is 0.0575 e. The summed E-state index contributed by atoms with van der Waals surface area (Å²) in [5.74, 6) is 1.73. The number of likely N-dealkylation sites (tertiary alicyclic amines) is 1. The number of hydrogen-bond donors (Lipinski definition) is 0. The van der Waals surface area contributed by atoms with E-state index in [1.54, 1.807) is 0 Å². The largest absolute Gasteiger partial charge is 0.378 e. The van der Waals surface area contributed by atoms with E-state index in [1.165, 1.54) is 64.5 Å². The SMILES string of the molecule is CC(C)(C)C1CCC(OCC(C)(C)C2CCN(C3CC3)CC2)CC1. The van der Waals surface area contributed by atoms with Gasteiger partial charge in [0.15, 0.2) is 0 Å². The van der Waals surface area contributed by atoms with Crippen LogP contribution in [-0.4, -0.2) is 36.7 Å². The molecule has 1 heterocycles. The Morgan fingerprint density at radius 3 is 1.83 bits per heavy atom. The van der Waals surface area contributed by atoms with Gasteiger partial charge in [0.2, 0.25) is 0 Å². The van der Waals surface area contributed by atoms with Gasteiger partial charge >= 0.3 is 0 Å². The van der Waals surface area contributed by atoms with Gasteiger partial charge in [-0.1, -0.05) is 34.6 Å². The summed E-state index contributed by atoms with van der Waals surface area (Å²) in [6, 6.07) is 0.948. The molecule has 1 aliphatic heterocycles. The first-order valence-corrected chi connectivity index (χ1v) is 10.6. The van der Waals surface area contributed by atoms with Crippen LogP contribution in [0.15, 0.2) is 0 Å². The standard InChI is InChI=1S/C22H41NO/c1-21(2,3)17-6-10-20(11-7-17)24-16-22(4,5)18-12-14-23(15-13-18)19-8-9-19/h17-20H,6-16H2,1-5H3. The van der Waals surface area contributed by atoms with Crippen LogP contribution in [0, 0.1) is 22.7 Å². The van der Waals surface area contributed by atoms with Gasteiger partial charge in [0.05, 0.1) is 12.7 Å². The maximum Gasteiger partial charge on any atom is 0.0575 e. The fraction of sp³-hybridized carbons (Fsp3) is 1.00. The summed E-state index contributed by atoms with van der Waals surface area (Å²) in [4.78, 5) is 2.74. The third-order valence-corrected chi connectivity index (χ3v) is 7.29. The van der Waals surface area contributed by atoms with Crippen LogP contribution in [0.2, 0.25) is 0 Å². The van der Waals surface area contributed by atoms with Crippen LogP contribution in [0.1, 0.15) is 86.0 Å². The zero-order valence-electron chi connectivity index (χ0n) is 16.9. The third-order valence-electron chi connectivity index (χ3n) is 7.29. The molecule has 3 aliphatic rings. The first-order valence-electron chi connectivity index (χ1n) is 10.6. The van der Waals surface area contributed by atoms with Gasteiger partial charge < -0.3 is 9.64 Å². The molecule has 3 fully saturated rings. The Labute approximate surface area is 150 Å². The number of piperidine rings is 1. The van der Waals surface area contributed by atoms with Crippen molar-refractivity contribution >= 4 is 0 Å². The summed E-state index contributed by atoms with van der Waals surface area (Å²) in [6.45, 7) is 15.7. The fourth-order valence-electron chi connectivity index (χ4n) is 5.03. The molecule has 2 heteroatoms. The van der Waals surface area contributed by atoms with Gasteiger partial charge in [-0.2, -0.15) is 0 Å². The molecule has 0 N–H and O–H groups in total. The Hall–Kier alpha value is -0.0800. The third kappa shape index (κ3) is 4.75. The lowest BCUT2D eigenvalue weighted by molar-refractivity contribution is -0.0545. The molecule has 2 aliphatic carbocycles. The van der Waals surface area contributed by atoms with Gasteiger partial charge in [0.25, 0.3) is 0 Å². The van der Waals surface area contributed by atoms with Crippen LogP contribution in [0.4, 0.5) is 0 Å². The minimum atomic E-state index is 0.344. The van der Waals surface area contributed by atoms with Crippen molar-refractivity contribution in [2.75, 3.05) is 19.7 Å². The van der Waals surface area contributed by atoms with E-state index in [9.17, 15) is 0 Å². The van der Waals surface area contributed by atoms with E-state index in [0.717, 1.165) is 24.5 Å². The fourth-order valence-corrected chi connectivity index (χ4v) is 5.03.